The van der Waals surface area contributed by atoms with Gasteiger partial charge in [0.2, 0.25) is 5.78 Å². The Labute approximate surface area is 194 Å². The molecule has 0 unspecified atom stereocenters. The first-order valence-electron chi connectivity index (χ1n) is 10.8. The predicted octanol–water partition coefficient (Wildman–Crippen LogP) is 3.53. The fraction of sp³-hybridized carbons (Fsp3) is 0.571. The van der Waals surface area contributed by atoms with E-state index in [1.165, 1.54) is 12.3 Å². The van der Waals surface area contributed by atoms with Crippen molar-refractivity contribution in [3.63, 3.8) is 0 Å². The van der Waals surface area contributed by atoms with Crippen LogP contribution in [0.15, 0.2) is 24.5 Å². The summed E-state index contributed by atoms with van der Waals surface area (Å²) < 4.78 is 45.4. The van der Waals surface area contributed by atoms with E-state index in [1.807, 2.05) is 6.92 Å². The minimum Gasteiger partial charge on any atom is -0.450 e. The van der Waals surface area contributed by atoms with E-state index in [2.05, 4.69) is 25.9 Å². The van der Waals surface area contributed by atoms with Gasteiger partial charge in [0, 0.05) is 12.3 Å². The monoisotopic (exact) mass is 486 g/mol. The predicted molar refractivity (Wildman–Crippen MR) is 116 cm³/mol. The summed E-state index contributed by atoms with van der Waals surface area (Å²) in [6.07, 6.45) is -1.88. The van der Waals surface area contributed by atoms with E-state index < -0.39 is 47.2 Å². The van der Waals surface area contributed by atoms with Crippen molar-refractivity contribution in [2.45, 2.75) is 65.2 Å². The summed E-state index contributed by atoms with van der Waals surface area (Å²) >= 11 is 0. The molecule has 0 aliphatic heterocycles. The quantitative estimate of drug-likeness (QED) is 0.417. The summed E-state index contributed by atoms with van der Waals surface area (Å²) in [5.41, 5.74) is -4.26. The van der Waals surface area contributed by atoms with Crippen LogP contribution in [0.3, 0.4) is 0 Å². The fourth-order valence-corrected chi connectivity index (χ4v) is 3.64. The molecule has 1 atom stereocenters. The molecular formula is C21H29F3N6O4. The fourth-order valence-electron chi connectivity index (χ4n) is 3.64. The van der Waals surface area contributed by atoms with Crippen LogP contribution in [0, 0.1) is 5.41 Å². The first-order chi connectivity index (χ1) is 15.9. The number of nitrogens with one attached hydrogen (secondary N) is 3. The van der Waals surface area contributed by atoms with Crippen LogP contribution in [-0.4, -0.2) is 49.9 Å². The van der Waals surface area contributed by atoms with Crippen LogP contribution in [-0.2, 0) is 27.0 Å². The number of amides is 2. The van der Waals surface area contributed by atoms with E-state index in [4.69, 9.17) is 4.74 Å². The number of nitrogens with zero attached hydrogens (tertiary/aromatic N) is 3. The number of carbonyl (C=O) groups excluding carboxylic acids is 3. The number of carbonyl (C=O) groups is 3. The molecule has 0 radical (unpaired) electrons. The third kappa shape index (κ3) is 6.14. The number of halogens is 3. The van der Waals surface area contributed by atoms with Crippen molar-refractivity contribution in [1.82, 2.24) is 25.3 Å². The molecule has 0 aliphatic rings. The van der Waals surface area contributed by atoms with Crippen molar-refractivity contribution in [3.8, 4) is 0 Å². The summed E-state index contributed by atoms with van der Waals surface area (Å²) in [6, 6.07) is 2.16. The minimum absolute atomic E-state index is 0.0463. The van der Waals surface area contributed by atoms with Crippen molar-refractivity contribution in [1.29, 1.82) is 0 Å². The second kappa shape index (κ2) is 10.7. The molecule has 2 heterocycles. The lowest BCUT2D eigenvalue weighted by Gasteiger charge is -2.45. The third-order valence-electron chi connectivity index (χ3n) is 5.46. The third-order valence-corrected chi connectivity index (χ3v) is 5.46. The number of alkyl halides is 3. The standard InChI is InChI=1S/C21H29F3N6O4/c1-5-9-19(3,4)20(27-18(33)34-12-6-2,13-30-11-8-14(29-30)21(22,23)24)16(31)17(32)26-15-7-10-25-28-15/h7-8,10-11H,5-6,9,12-13H2,1-4H3,(H,27,33)(H2,25,26,28,32)/t20-/m0/s1. The van der Waals surface area contributed by atoms with Crippen LogP contribution in [0.1, 0.15) is 52.7 Å². The van der Waals surface area contributed by atoms with Gasteiger partial charge in [-0.1, -0.05) is 34.1 Å². The first kappa shape index (κ1) is 26.9. The topological polar surface area (TPSA) is 131 Å². The molecule has 2 rings (SSSR count). The van der Waals surface area contributed by atoms with Crippen molar-refractivity contribution in [2.75, 3.05) is 11.9 Å². The Morgan fingerprint density at radius 1 is 1.15 bits per heavy atom. The Kier molecular flexibility index (Phi) is 8.46. The van der Waals surface area contributed by atoms with Gasteiger partial charge >= 0.3 is 12.3 Å². The van der Waals surface area contributed by atoms with Crippen molar-refractivity contribution in [2.24, 2.45) is 5.41 Å². The largest absolute Gasteiger partial charge is 0.450 e. The van der Waals surface area contributed by atoms with Gasteiger partial charge in [0.15, 0.2) is 5.69 Å². The van der Waals surface area contributed by atoms with Crippen molar-refractivity contribution >= 4 is 23.6 Å². The molecule has 34 heavy (non-hydrogen) atoms. The Bertz CT molecular complexity index is 987. The maximum absolute atomic E-state index is 13.7. The highest BCUT2D eigenvalue weighted by Gasteiger charge is 2.55. The highest BCUT2D eigenvalue weighted by molar-refractivity contribution is 6.44. The van der Waals surface area contributed by atoms with Gasteiger partial charge in [-0.2, -0.15) is 23.4 Å². The number of ether oxygens (including phenoxy) is 1. The minimum atomic E-state index is -4.71. The number of aromatic nitrogens is 4. The average molecular weight is 486 g/mol. The molecule has 2 aromatic heterocycles. The van der Waals surface area contributed by atoms with E-state index in [-0.39, 0.29) is 12.4 Å². The van der Waals surface area contributed by atoms with Crippen LogP contribution in [0.25, 0.3) is 0 Å². The first-order valence-corrected chi connectivity index (χ1v) is 10.8. The van der Waals surface area contributed by atoms with E-state index in [9.17, 15) is 27.6 Å². The second-order valence-electron chi connectivity index (χ2n) is 8.45. The number of hydrogen-bond donors (Lipinski definition) is 3. The van der Waals surface area contributed by atoms with Gasteiger partial charge < -0.3 is 15.4 Å². The number of Topliss-reactive ketones (excluding diaryl/α,β-unsaturated/α-hetero) is 1. The average Bonchev–Trinajstić information content (AvgIpc) is 3.42. The van der Waals surface area contributed by atoms with Gasteiger partial charge in [-0.05, 0) is 24.3 Å². The molecule has 2 aromatic rings. The van der Waals surface area contributed by atoms with Gasteiger partial charge in [0.25, 0.3) is 5.91 Å². The lowest BCUT2D eigenvalue weighted by Crippen LogP contribution is -2.67. The zero-order valence-electron chi connectivity index (χ0n) is 19.5. The van der Waals surface area contributed by atoms with E-state index >= 15 is 0 Å². The number of ketones is 1. The SMILES string of the molecule is CCCOC(=O)N[C@@](Cn1ccc(C(F)(F)F)n1)(C(=O)C(=O)Nc1ccn[nH]1)C(C)(C)CCC. The number of hydrogen-bond acceptors (Lipinski definition) is 6. The van der Waals surface area contributed by atoms with Crippen molar-refractivity contribution < 1.29 is 32.3 Å². The van der Waals surface area contributed by atoms with Gasteiger partial charge in [0.1, 0.15) is 11.4 Å². The molecule has 0 saturated carbocycles. The molecule has 0 fully saturated rings. The summed E-state index contributed by atoms with van der Waals surface area (Å²) in [6.45, 7) is 6.41. The molecular weight excluding hydrogens is 457 g/mol. The molecule has 3 N–H and O–H groups in total. The highest BCUT2D eigenvalue weighted by atomic mass is 19.4. The number of rotatable bonds is 11. The number of H-pyrrole nitrogens is 1. The molecule has 0 aliphatic carbocycles. The summed E-state index contributed by atoms with van der Waals surface area (Å²) in [5, 5.41) is 14.6. The van der Waals surface area contributed by atoms with Crippen LogP contribution in [0.5, 0.6) is 0 Å². The molecule has 0 bridgehead atoms. The van der Waals surface area contributed by atoms with Crippen molar-refractivity contribution in [3.05, 3.63) is 30.2 Å². The van der Waals surface area contributed by atoms with Crippen LogP contribution >= 0.6 is 0 Å². The second-order valence-corrected chi connectivity index (χ2v) is 8.45. The highest BCUT2D eigenvalue weighted by Crippen LogP contribution is 2.39. The van der Waals surface area contributed by atoms with Crippen LogP contribution < -0.4 is 10.6 Å². The molecule has 0 aromatic carbocycles. The summed E-state index contributed by atoms with van der Waals surface area (Å²) in [5.74, 6) is -2.03. The Balaban J connectivity index is 2.56. The lowest BCUT2D eigenvalue weighted by atomic mass is 9.66. The molecule has 0 spiro atoms. The number of anilines is 1. The molecule has 10 nitrogen and oxygen atoms in total. The van der Waals surface area contributed by atoms with E-state index in [1.54, 1.807) is 20.8 Å². The van der Waals surface area contributed by atoms with Gasteiger partial charge in [-0.25, -0.2) is 4.79 Å². The Morgan fingerprint density at radius 3 is 2.38 bits per heavy atom. The summed E-state index contributed by atoms with van der Waals surface area (Å²) in [7, 11) is 0. The lowest BCUT2D eigenvalue weighted by molar-refractivity contribution is -0.144. The van der Waals surface area contributed by atoms with Crippen LogP contribution in [0.2, 0.25) is 0 Å². The Hall–Kier alpha value is -3.38. The Morgan fingerprint density at radius 2 is 1.85 bits per heavy atom. The van der Waals surface area contributed by atoms with E-state index in [0.29, 0.717) is 19.3 Å². The van der Waals surface area contributed by atoms with E-state index in [0.717, 1.165) is 16.9 Å². The molecule has 188 valence electrons. The maximum atomic E-state index is 13.7. The summed E-state index contributed by atoms with van der Waals surface area (Å²) in [4.78, 5) is 39.2. The van der Waals surface area contributed by atoms with Gasteiger partial charge in [-0.3, -0.25) is 19.4 Å². The normalized spacial score (nSPS) is 13.7. The molecule has 0 saturated heterocycles. The zero-order chi connectivity index (χ0) is 25.6. The number of alkyl carbamates (subject to hydrolysis) is 1. The van der Waals surface area contributed by atoms with Gasteiger partial charge in [0.05, 0.1) is 19.3 Å². The molecule has 13 heteroatoms. The smallest absolute Gasteiger partial charge is 0.435 e. The number of aromatic amines is 1. The van der Waals surface area contributed by atoms with Crippen LogP contribution in [0.4, 0.5) is 23.8 Å². The van der Waals surface area contributed by atoms with Gasteiger partial charge in [-0.15, -0.1) is 0 Å². The maximum Gasteiger partial charge on any atom is 0.435 e. The molecule has 2 amide bonds. The zero-order valence-corrected chi connectivity index (χ0v) is 19.5.